The summed E-state index contributed by atoms with van der Waals surface area (Å²) in [6, 6.07) is 39.5. The maximum absolute atomic E-state index is 12.6. The number of hydrogen-bond donors (Lipinski definition) is 0. The van der Waals surface area contributed by atoms with Gasteiger partial charge >= 0.3 is 0 Å². The third kappa shape index (κ3) is 7.19. The minimum absolute atomic E-state index is 0. The average molecular weight is 791 g/mol. The average Bonchev–Trinajstić information content (AvgIpc) is 3.47. The molecule has 0 fully saturated rings. The van der Waals surface area contributed by atoms with E-state index in [9.17, 15) is 14.9 Å². The Bertz CT molecular complexity index is 2240. The fourth-order valence-corrected chi connectivity index (χ4v) is 5.16. The summed E-state index contributed by atoms with van der Waals surface area (Å²) < 4.78 is 18.9. The summed E-state index contributed by atoms with van der Waals surface area (Å²) in [7, 11) is 0. The second-order valence-corrected chi connectivity index (χ2v) is 11.7. The molecule has 7 heteroatoms. The summed E-state index contributed by atoms with van der Waals surface area (Å²) in [5.74, 6) is -0.278. The zero-order valence-electron chi connectivity index (χ0n) is 25.8. The molecule has 0 aliphatic carbocycles. The summed E-state index contributed by atoms with van der Waals surface area (Å²) in [4.78, 5) is 8.72. The molecule has 231 valence electrons. The molecule has 5 nitrogen and oxygen atoms in total. The van der Waals surface area contributed by atoms with Gasteiger partial charge in [0, 0.05) is 43.7 Å². The number of fused-ring (bicyclic) bond motifs is 3. The molecule has 4 aromatic carbocycles. The van der Waals surface area contributed by atoms with E-state index < -0.39 is 0 Å². The van der Waals surface area contributed by atoms with Gasteiger partial charge in [-0.3, -0.25) is 4.39 Å². The van der Waals surface area contributed by atoms with Gasteiger partial charge in [0.25, 0.3) is 0 Å². The van der Waals surface area contributed by atoms with Gasteiger partial charge in [0.1, 0.15) is 5.58 Å². The monoisotopic (exact) mass is 791 g/mol. The zero-order chi connectivity index (χ0) is 32.3. The molecule has 0 amide bonds. The number of hydrogen-bond acceptors (Lipinski definition) is 5. The number of nitriles is 2. The molecule has 47 heavy (non-hydrogen) atoms. The van der Waals surface area contributed by atoms with E-state index in [1.165, 1.54) is 17.7 Å². The van der Waals surface area contributed by atoms with Gasteiger partial charge in [0.2, 0.25) is 0 Å². The van der Waals surface area contributed by atoms with Crippen LogP contribution in [0, 0.1) is 40.6 Å². The smallest absolute Gasteiger partial charge is 0.121 e. The Labute approximate surface area is 286 Å². The molecule has 7 aromatic rings. The van der Waals surface area contributed by atoms with E-state index in [1.807, 2.05) is 60.8 Å². The summed E-state index contributed by atoms with van der Waals surface area (Å²) in [6.07, 6.45) is 3.53. The zero-order valence-corrected chi connectivity index (χ0v) is 28.2. The third-order valence-electron chi connectivity index (χ3n) is 7.56. The van der Waals surface area contributed by atoms with Gasteiger partial charge in [0.15, 0.2) is 0 Å². The molecule has 1 radical (unpaired) electrons. The molecule has 0 atom stereocenters. The van der Waals surface area contributed by atoms with Crippen molar-refractivity contribution in [1.29, 1.82) is 10.5 Å². The first kappa shape index (κ1) is 32.9. The van der Waals surface area contributed by atoms with Crippen molar-refractivity contribution in [3.63, 3.8) is 0 Å². The fraction of sp³-hybridized carbons (Fsp3) is 0.100. The molecule has 7 rings (SSSR count). The van der Waals surface area contributed by atoms with Crippen LogP contribution >= 0.6 is 0 Å². The number of nitrogens with zero attached hydrogens (tertiary/aromatic N) is 4. The Morgan fingerprint density at radius 1 is 0.745 bits per heavy atom. The predicted octanol–water partition coefficient (Wildman–Crippen LogP) is 9.84. The number of benzene rings is 4. The fourth-order valence-electron chi connectivity index (χ4n) is 5.16. The largest absolute Gasteiger partial charge is 0.501 e. The first-order valence-corrected chi connectivity index (χ1v) is 14.6. The number of furan rings is 1. The van der Waals surface area contributed by atoms with Crippen LogP contribution in [0.1, 0.15) is 37.5 Å². The van der Waals surface area contributed by atoms with Crippen LogP contribution in [0.5, 0.6) is 0 Å². The quantitative estimate of drug-likeness (QED) is 0.167. The molecule has 3 aromatic heterocycles. The molecule has 0 spiro atoms. The molecule has 0 unspecified atom stereocenters. The van der Waals surface area contributed by atoms with Crippen LogP contribution in [0.3, 0.4) is 0 Å². The minimum Gasteiger partial charge on any atom is -0.501 e. The minimum atomic E-state index is -0.278. The van der Waals surface area contributed by atoms with Gasteiger partial charge < -0.3 is 14.4 Å². The van der Waals surface area contributed by atoms with Crippen LogP contribution in [-0.4, -0.2) is 9.97 Å². The SMILES string of the molecule is CC(C)(C)c1ccnc(-c2[c-]ccc3c2oc2cc(-c4cc(C#N)cc(C#N)c4)ccc23)c1.Fc1c[c-]c(-c2ccccn2)cc1.[Ir]. The van der Waals surface area contributed by atoms with Crippen molar-refractivity contribution in [3.8, 4) is 45.8 Å². The van der Waals surface area contributed by atoms with E-state index in [1.54, 1.807) is 30.5 Å². The molecule has 3 heterocycles. The topological polar surface area (TPSA) is 86.5 Å². The Kier molecular flexibility index (Phi) is 9.73. The molecule has 0 saturated heterocycles. The van der Waals surface area contributed by atoms with Crippen LogP contribution in [0.25, 0.3) is 55.6 Å². The summed E-state index contributed by atoms with van der Waals surface area (Å²) in [6.45, 7) is 6.54. The molecular weight excluding hydrogens is 764 g/mol. The van der Waals surface area contributed by atoms with Gasteiger partial charge in [0.05, 0.1) is 28.8 Å². The van der Waals surface area contributed by atoms with E-state index in [4.69, 9.17) is 4.42 Å². The standard InChI is InChI=1S/C29H20N3O.C11H7FN.Ir/c1-29(2,3)22-9-10-32-26(15-22)25-6-4-5-24-23-8-7-20(14-27(23)33-28(24)25)21-12-18(16-30)11-19(13-21)17-31;12-10-6-4-9(5-7-10)11-3-1-2-8-13-11;/h4-5,7-15H,1-3H3;1-4,6-8H;/q2*-1;. The Morgan fingerprint density at radius 3 is 2.17 bits per heavy atom. The van der Waals surface area contributed by atoms with Gasteiger partial charge in [-0.25, -0.2) is 0 Å². The maximum atomic E-state index is 12.6. The second kappa shape index (κ2) is 13.9. The Balaban J connectivity index is 0.000000260. The third-order valence-corrected chi connectivity index (χ3v) is 7.56. The maximum Gasteiger partial charge on any atom is 0.121 e. The number of aromatic nitrogens is 2. The van der Waals surface area contributed by atoms with Crippen molar-refractivity contribution in [2.75, 3.05) is 0 Å². The van der Waals surface area contributed by atoms with Crippen molar-refractivity contribution in [2.45, 2.75) is 26.2 Å². The number of halogens is 1. The van der Waals surface area contributed by atoms with Crippen LogP contribution < -0.4 is 0 Å². The van der Waals surface area contributed by atoms with Gasteiger partial charge in [-0.05, 0) is 69.9 Å². The van der Waals surface area contributed by atoms with Crippen LogP contribution in [0.15, 0.2) is 114 Å². The first-order valence-electron chi connectivity index (χ1n) is 14.6. The second-order valence-electron chi connectivity index (χ2n) is 11.7. The summed E-state index contributed by atoms with van der Waals surface area (Å²) >= 11 is 0. The van der Waals surface area contributed by atoms with Crippen LogP contribution in [0.4, 0.5) is 4.39 Å². The molecule has 0 aliphatic rings. The van der Waals surface area contributed by atoms with E-state index in [0.717, 1.165) is 55.6 Å². The summed E-state index contributed by atoms with van der Waals surface area (Å²) in [5.41, 5.74) is 8.55. The van der Waals surface area contributed by atoms with Crippen LogP contribution in [-0.2, 0) is 25.5 Å². The summed E-state index contributed by atoms with van der Waals surface area (Å²) in [5, 5.41) is 20.6. The van der Waals surface area contributed by atoms with Crippen molar-refractivity contribution in [2.24, 2.45) is 0 Å². The van der Waals surface area contributed by atoms with Crippen molar-refractivity contribution < 1.29 is 28.9 Å². The van der Waals surface area contributed by atoms with Gasteiger partial charge in [-0.15, -0.1) is 48.0 Å². The van der Waals surface area contributed by atoms with E-state index in [0.29, 0.717) is 11.1 Å². The van der Waals surface area contributed by atoms with E-state index in [2.05, 4.69) is 61.1 Å². The van der Waals surface area contributed by atoms with E-state index >= 15 is 0 Å². The Morgan fingerprint density at radius 2 is 1.51 bits per heavy atom. The van der Waals surface area contributed by atoms with Crippen molar-refractivity contribution >= 4 is 21.9 Å². The Hall–Kier alpha value is -5.46. The van der Waals surface area contributed by atoms with Crippen molar-refractivity contribution in [3.05, 3.63) is 144 Å². The first-order chi connectivity index (χ1) is 22.2. The van der Waals surface area contributed by atoms with Crippen molar-refractivity contribution in [1.82, 2.24) is 9.97 Å². The normalized spacial score (nSPS) is 10.8. The molecule has 0 aliphatic heterocycles. The van der Waals surface area contributed by atoms with Gasteiger partial charge in [-0.1, -0.05) is 62.1 Å². The number of rotatable bonds is 3. The molecular formula is C40H27FIrN4O-2. The molecule has 0 bridgehead atoms. The number of pyridine rings is 2. The van der Waals surface area contributed by atoms with Crippen LogP contribution in [0.2, 0.25) is 0 Å². The molecule has 0 saturated carbocycles. The van der Waals surface area contributed by atoms with Gasteiger partial charge in [-0.2, -0.15) is 10.5 Å². The van der Waals surface area contributed by atoms with E-state index in [-0.39, 0.29) is 31.3 Å². The molecule has 0 N–H and O–H groups in total. The predicted molar refractivity (Wildman–Crippen MR) is 178 cm³/mol.